The summed E-state index contributed by atoms with van der Waals surface area (Å²) in [7, 11) is -0.534. The van der Waals surface area contributed by atoms with Gasteiger partial charge in [-0.3, -0.25) is 9.59 Å². The number of ether oxygens (including phenoxy) is 1. The zero-order valence-electron chi connectivity index (χ0n) is 18.3. The number of nitrogens with one attached hydrogen (secondary N) is 2. The maximum absolute atomic E-state index is 13.2. The van der Waals surface area contributed by atoms with Crippen molar-refractivity contribution in [3.8, 4) is 5.75 Å². The molecular formula is C21H27BF2N2O5. The molecule has 168 valence electrons. The zero-order valence-corrected chi connectivity index (χ0v) is 18.3. The Morgan fingerprint density at radius 2 is 1.74 bits per heavy atom. The zero-order chi connectivity index (χ0) is 22.8. The van der Waals surface area contributed by atoms with Gasteiger partial charge in [-0.2, -0.15) is 8.78 Å². The van der Waals surface area contributed by atoms with E-state index in [1.165, 1.54) is 0 Å². The van der Waals surface area contributed by atoms with Crippen molar-refractivity contribution in [3.63, 3.8) is 0 Å². The van der Waals surface area contributed by atoms with Crippen molar-refractivity contribution in [1.29, 1.82) is 0 Å². The molecule has 31 heavy (non-hydrogen) atoms. The first-order chi connectivity index (χ1) is 14.2. The molecule has 1 saturated heterocycles. The normalized spacial score (nSPS) is 24.9. The summed E-state index contributed by atoms with van der Waals surface area (Å²) in [5.74, 6) is -4.87. The van der Waals surface area contributed by atoms with E-state index >= 15 is 0 Å². The molecule has 0 bridgehead atoms. The van der Waals surface area contributed by atoms with Crippen molar-refractivity contribution in [1.82, 2.24) is 10.6 Å². The van der Waals surface area contributed by atoms with Gasteiger partial charge in [0.1, 0.15) is 17.9 Å². The van der Waals surface area contributed by atoms with E-state index in [0.29, 0.717) is 25.5 Å². The molecule has 2 fully saturated rings. The fraction of sp³-hybridized carbons (Fsp3) is 0.619. The molecule has 0 aromatic heterocycles. The minimum Gasteiger partial charge on any atom is -0.491 e. The van der Waals surface area contributed by atoms with E-state index in [-0.39, 0.29) is 6.61 Å². The van der Waals surface area contributed by atoms with Gasteiger partial charge in [-0.25, -0.2) is 0 Å². The van der Waals surface area contributed by atoms with Gasteiger partial charge in [0, 0.05) is 12.5 Å². The van der Waals surface area contributed by atoms with Gasteiger partial charge in [-0.15, -0.1) is 0 Å². The van der Waals surface area contributed by atoms with Crippen molar-refractivity contribution in [3.05, 3.63) is 23.8 Å². The Kier molecular flexibility index (Phi) is 4.90. The molecule has 2 N–H and O–H groups in total. The summed E-state index contributed by atoms with van der Waals surface area (Å²) in [5, 5.41) is 5.02. The molecule has 1 aromatic carbocycles. The average Bonchev–Trinajstić information content (AvgIpc) is 3.27. The minimum absolute atomic E-state index is 0.210. The van der Waals surface area contributed by atoms with Crippen LogP contribution in [0.4, 0.5) is 8.78 Å². The van der Waals surface area contributed by atoms with Gasteiger partial charge in [-0.05, 0) is 52.1 Å². The van der Waals surface area contributed by atoms with E-state index in [1.54, 1.807) is 0 Å². The third kappa shape index (κ3) is 3.91. The second-order valence-electron chi connectivity index (χ2n) is 9.65. The van der Waals surface area contributed by atoms with Crippen LogP contribution in [0, 0.1) is 0 Å². The van der Waals surface area contributed by atoms with Crippen LogP contribution in [0.3, 0.4) is 0 Å². The van der Waals surface area contributed by atoms with E-state index in [2.05, 4.69) is 10.6 Å². The number of fused-ring (bicyclic) bond motifs is 1. The molecule has 2 aliphatic heterocycles. The second kappa shape index (κ2) is 6.90. The largest absolute Gasteiger partial charge is 0.494 e. The minimum atomic E-state index is -3.54. The van der Waals surface area contributed by atoms with E-state index in [4.69, 9.17) is 14.0 Å². The summed E-state index contributed by atoms with van der Waals surface area (Å²) in [6.45, 7) is 8.62. The molecule has 1 saturated carbocycles. The molecule has 7 nitrogen and oxygen atoms in total. The van der Waals surface area contributed by atoms with Crippen molar-refractivity contribution in [2.75, 3.05) is 6.61 Å². The van der Waals surface area contributed by atoms with Gasteiger partial charge in [0.05, 0.1) is 17.2 Å². The molecule has 1 aromatic rings. The summed E-state index contributed by atoms with van der Waals surface area (Å²) in [5.41, 5.74) is -0.627. The Labute approximate surface area is 180 Å². The Morgan fingerprint density at radius 1 is 1.13 bits per heavy atom. The molecule has 1 aliphatic carbocycles. The first-order valence-corrected chi connectivity index (χ1v) is 10.4. The molecule has 1 atom stereocenters. The number of amides is 2. The summed E-state index contributed by atoms with van der Waals surface area (Å²) in [4.78, 5) is 24.3. The van der Waals surface area contributed by atoms with Gasteiger partial charge in [0.15, 0.2) is 0 Å². The number of benzene rings is 1. The summed E-state index contributed by atoms with van der Waals surface area (Å²) in [6.07, 6.45) is 0.643. The molecule has 0 radical (unpaired) electrons. The number of rotatable bonds is 5. The number of carbonyl (C=O) groups is 2. The van der Waals surface area contributed by atoms with Crippen LogP contribution in [0.25, 0.3) is 0 Å². The van der Waals surface area contributed by atoms with Crippen LogP contribution in [0.15, 0.2) is 18.2 Å². The molecule has 10 heteroatoms. The highest BCUT2D eigenvalue weighted by atomic mass is 19.3. The smallest absolute Gasteiger partial charge is 0.491 e. The third-order valence-electron chi connectivity index (χ3n) is 6.59. The Bertz CT molecular complexity index is 911. The monoisotopic (exact) mass is 436 g/mol. The predicted molar refractivity (Wildman–Crippen MR) is 109 cm³/mol. The van der Waals surface area contributed by atoms with Crippen LogP contribution in [-0.2, 0) is 18.9 Å². The van der Waals surface area contributed by atoms with Gasteiger partial charge in [-0.1, -0.05) is 12.1 Å². The third-order valence-corrected chi connectivity index (χ3v) is 6.59. The number of hydrogen-bond acceptors (Lipinski definition) is 5. The number of hydrogen-bond donors (Lipinski definition) is 2. The maximum atomic E-state index is 13.2. The topological polar surface area (TPSA) is 85.9 Å². The highest BCUT2D eigenvalue weighted by Gasteiger charge is 2.55. The summed E-state index contributed by atoms with van der Waals surface area (Å²) >= 11 is 0. The summed E-state index contributed by atoms with van der Waals surface area (Å²) in [6, 6.07) is 5.09. The quantitative estimate of drug-likeness (QED) is 0.689. The summed E-state index contributed by atoms with van der Waals surface area (Å²) < 4.78 is 44.3. The Hall–Kier alpha value is -2.20. The number of carbonyl (C=O) groups excluding carboxylic acids is 2. The number of alkyl halides is 2. The lowest BCUT2D eigenvalue weighted by molar-refractivity contribution is -0.146. The van der Waals surface area contributed by atoms with Gasteiger partial charge in [0.2, 0.25) is 5.91 Å². The fourth-order valence-corrected chi connectivity index (χ4v) is 3.63. The van der Waals surface area contributed by atoms with Crippen LogP contribution in [0.1, 0.15) is 59.1 Å². The van der Waals surface area contributed by atoms with Crippen LogP contribution < -0.4 is 20.8 Å². The molecule has 3 aliphatic rings. The van der Waals surface area contributed by atoms with Crippen LogP contribution in [0.2, 0.25) is 0 Å². The molecule has 2 amide bonds. The molecule has 2 heterocycles. The molecular weight excluding hydrogens is 409 g/mol. The highest BCUT2D eigenvalue weighted by molar-refractivity contribution is 6.62. The average molecular weight is 436 g/mol. The van der Waals surface area contributed by atoms with Crippen molar-refractivity contribution >= 4 is 24.4 Å². The van der Waals surface area contributed by atoms with Crippen molar-refractivity contribution in [2.45, 2.75) is 76.2 Å². The fourth-order valence-electron chi connectivity index (χ4n) is 3.63. The van der Waals surface area contributed by atoms with Crippen LogP contribution in [0.5, 0.6) is 5.75 Å². The lowest BCUT2D eigenvalue weighted by Gasteiger charge is -2.32. The highest BCUT2D eigenvalue weighted by Crippen LogP contribution is 2.40. The Balaban J connectivity index is 1.44. The lowest BCUT2D eigenvalue weighted by Crippen LogP contribution is -2.53. The molecule has 0 spiro atoms. The predicted octanol–water partition coefficient (Wildman–Crippen LogP) is 1.84. The second-order valence-corrected chi connectivity index (χ2v) is 9.65. The lowest BCUT2D eigenvalue weighted by atomic mass is 9.78. The van der Waals surface area contributed by atoms with Gasteiger partial charge in [0.25, 0.3) is 5.91 Å². The SMILES string of the molecule is CC(F)(F)C(=O)NC1(C(=O)NC2COc3cc(B4OC(C)(C)C(C)(C)O4)ccc32)CC1. The first kappa shape index (κ1) is 22.0. The van der Waals surface area contributed by atoms with Gasteiger partial charge >= 0.3 is 13.0 Å². The van der Waals surface area contributed by atoms with E-state index in [0.717, 1.165) is 11.0 Å². The first-order valence-electron chi connectivity index (χ1n) is 10.4. The van der Waals surface area contributed by atoms with Crippen molar-refractivity contribution in [2.24, 2.45) is 0 Å². The van der Waals surface area contributed by atoms with Crippen LogP contribution >= 0.6 is 0 Å². The van der Waals surface area contributed by atoms with Crippen LogP contribution in [-0.4, -0.2) is 48.2 Å². The number of halogens is 2. The Morgan fingerprint density at radius 3 is 2.29 bits per heavy atom. The molecule has 4 rings (SSSR count). The van der Waals surface area contributed by atoms with E-state index in [9.17, 15) is 18.4 Å². The molecule has 1 unspecified atom stereocenters. The standard InChI is InChI=1S/C21H27BF2N2O5/c1-18(2)19(3,4)31-22(30-18)12-6-7-13-14(11-29-15(13)10-12)25-17(28)21(8-9-21)26-16(27)20(5,23)24/h6-7,10,14H,8-9,11H2,1-5H3,(H,25,28)(H,26,27). The maximum Gasteiger partial charge on any atom is 0.494 e. The van der Waals surface area contributed by atoms with E-state index in [1.807, 2.05) is 45.9 Å². The van der Waals surface area contributed by atoms with Gasteiger partial charge < -0.3 is 24.7 Å². The van der Waals surface area contributed by atoms with Crippen molar-refractivity contribution < 1.29 is 32.4 Å². The van der Waals surface area contributed by atoms with E-state index < -0.39 is 47.6 Å².